The van der Waals surface area contributed by atoms with E-state index in [0.717, 1.165) is 38.0 Å². The molecule has 0 saturated heterocycles. The van der Waals surface area contributed by atoms with Crippen LogP contribution in [0.1, 0.15) is 106 Å². The van der Waals surface area contributed by atoms with E-state index in [1.165, 1.54) is 31.3 Å². The molecule has 0 aromatic carbocycles. The van der Waals surface area contributed by atoms with Gasteiger partial charge in [0.25, 0.3) is 0 Å². The van der Waals surface area contributed by atoms with Gasteiger partial charge >= 0.3 is 5.97 Å². The first-order chi connectivity index (χ1) is 16.2. The molecule has 0 aliphatic heterocycles. The van der Waals surface area contributed by atoms with Crippen molar-refractivity contribution in [1.29, 1.82) is 0 Å². The summed E-state index contributed by atoms with van der Waals surface area (Å²) in [6, 6.07) is 0. The predicted octanol–water partition coefficient (Wildman–Crippen LogP) is 6.45. The van der Waals surface area contributed by atoms with Gasteiger partial charge in [0.05, 0.1) is 17.6 Å². The summed E-state index contributed by atoms with van der Waals surface area (Å²) in [5.41, 5.74) is 0.506. The molecule has 5 rings (SSSR count). The first-order valence-electron chi connectivity index (χ1n) is 14.5. The van der Waals surface area contributed by atoms with Gasteiger partial charge in [-0.05, 0) is 111 Å². The second kappa shape index (κ2) is 7.82. The molecule has 3 N–H and O–H groups in total. The van der Waals surface area contributed by atoms with Crippen molar-refractivity contribution in [2.75, 3.05) is 0 Å². The van der Waals surface area contributed by atoms with Gasteiger partial charge in [-0.25, -0.2) is 0 Å². The molecule has 198 valence electrons. The van der Waals surface area contributed by atoms with Crippen LogP contribution < -0.4 is 0 Å². The Kier molecular flexibility index (Phi) is 5.76. The lowest BCUT2D eigenvalue weighted by molar-refractivity contribution is -0.210. The van der Waals surface area contributed by atoms with Gasteiger partial charge in [0.2, 0.25) is 0 Å². The summed E-state index contributed by atoms with van der Waals surface area (Å²) in [6.45, 7) is 18.2. The average Bonchev–Trinajstić information content (AvgIpc) is 3.40. The SMILES string of the molecule is C=C(CC[C@H](C)[C@@H]1CC[C@]2(C)[C@H]3CC[C@@H]4[C@@](C)(C(=O)O)[C@H](O)C[C@@H](O)[C@]45C[C@]35CC[C@@]12C)C(C)C. The quantitative estimate of drug-likeness (QED) is 0.377. The average molecular weight is 487 g/mol. The van der Waals surface area contributed by atoms with Crippen LogP contribution in [0.3, 0.4) is 0 Å². The van der Waals surface area contributed by atoms with E-state index in [-0.39, 0.29) is 28.6 Å². The summed E-state index contributed by atoms with van der Waals surface area (Å²) in [4.78, 5) is 12.5. The predicted molar refractivity (Wildman–Crippen MR) is 139 cm³/mol. The normalized spacial score (nSPS) is 53.2. The largest absolute Gasteiger partial charge is 0.481 e. The third-order valence-corrected chi connectivity index (χ3v) is 13.7. The van der Waals surface area contributed by atoms with Crippen LogP contribution in [0.4, 0.5) is 0 Å². The van der Waals surface area contributed by atoms with E-state index in [0.29, 0.717) is 23.2 Å². The molecule has 5 fully saturated rings. The molecule has 0 aromatic rings. The molecule has 5 aliphatic carbocycles. The fourth-order valence-electron chi connectivity index (χ4n) is 11.2. The Morgan fingerprint density at radius 3 is 2.23 bits per heavy atom. The highest BCUT2D eigenvalue weighted by molar-refractivity contribution is 5.76. The standard InChI is InChI=1S/C31H50O4/c1-18(2)19(3)8-9-20(4)21-12-13-28(6)22-10-11-23-29(7,26(34)35)24(32)16-25(33)31(23)17-30(22,31)15-14-27(21,28)5/h18,20-25,32-33H,3,8-17H2,1-2,4-7H3,(H,34,35)/t20-,21-,22+,23+,24+,25+,27-,28+,29+,30+,31-/m0/s1. The van der Waals surface area contributed by atoms with Crippen molar-refractivity contribution in [3.05, 3.63) is 12.2 Å². The van der Waals surface area contributed by atoms with E-state index in [9.17, 15) is 20.1 Å². The lowest BCUT2D eigenvalue weighted by atomic mass is 9.41. The van der Waals surface area contributed by atoms with Gasteiger partial charge in [0, 0.05) is 11.8 Å². The van der Waals surface area contributed by atoms with Gasteiger partial charge in [0.15, 0.2) is 0 Å². The Balaban J connectivity index is 1.43. The molecule has 4 heteroatoms. The Bertz CT molecular complexity index is 912. The van der Waals surface area contributed by atoms with E-state index >= 15 is 0 Å². The van der Waals surface area contributed by atoms with Crippen molar-refractivity contribution in [1.82, 2.24) is 0 Å². The maximum absolute atomic E-state index is 12.5. The number of carbonyl (C=O) groups is 1. The number of allylic oxidation sites excluding steroid dienone is 1. The van der Waals surface area contributed by atoms with Crippen molar-refractivity contribution in [2.45, 2.75) is 118 Å². The number of fused-ring (bicyclic) bond motifs is 2. The molecular weight excluding hydrogens is 436 g/mol. The van der Waals surface area contributed by atoms with Crippen LogP contribution in [-0.4, -0.2) is 33.5 Å². The Labute approximate surface area is 213 Å². The van der Waals surface area contributed by atoms with Crippen LogP contribution in [0, 0.1) is 56.7 Å². The highest BCUT2D eigenvalue weighted by Crippen LogP contribution is 2.89. The second-order valence-electron chi connectivity index (χ2n) is 14.7. The molecule has 0 aromatic heterocycles. The first kappa shape index (κ1) is 25.8. The fraction of sp³-hybridized carbons (Fsp3) is 0.903. The minimum Gasteiger partial charge on any atom is -0.481 e. The minimum atomic E-state index is -1.15. The van der Waals surface area contributed by atoms with Crippen molar-refractivity contribution in [3.63, 3.8) is 0 Å². The summed E-state index contributed by atoms with van der Waals surface area (Å²) in [6.07, 6.45) is 8.70. The number of aliphatic hydroxyl groups is 2. The summed E-state index contributed by atoms with van der Waals surface area (Å²) >= 11 is 0. The van der Waals surface area contributed by atoms with E-state index < -0.39 is 23.6 Å². The number of hydrogen-bond donors (Lipinski definition) is 3. The van der Waals surface area contributed by atoms with Crippen molar-refractivity contribution >= 4 is 5.97 Å². The van der Waals surface area contributed by atoms with Gasteiger partial charge in [-0.3, -0.25) is 4.79 Å². The third kappa shape index (κ3) is 2.96. The maximum atomic E-state index is 12.5. The molecular formula is C31H50O4. The molecule has 0 amide bonds. The van der Waals surface area contributed by atoms with Crippen LogP contribution in [0.25, 0.3) is 0 Å². The number of aliphatic hydroxyl groups excluding tert-OH is 2. The highest BCUT2D eigenvalue weighted by atomic mass is 16.4. The lowest BCUT2D eigenvalue weighted by Gasteiger charge is -2.63. The van der Waals surface area contributed by atoms with Crippen LogP contribution in [0.2, 0.25) is 0 Å². The molecule has 11 atom stereocenters. The van der Waals surface area contributed by atoms with E-state index in [1.807, 2.05) is 0 Å². The molecule has 0 bridgehead atoms. The van der Waals surface area contributed by atoms with Crippen molar-refractivity contribution < 1.29 is 20.1 Å². The van der Waals surface area contributed by atoms with Gasteiger partial charge in [0.1, 0.15) is 0 Å². The van der Waals surface area contributed by atoms with Gasteiger partial charge in [-0.1, -0.05) is 46.8 Å². The maximum Gasteiger partial charge on any atom is 0.312 e. The zero-order valence-corrected chi connectivity index (χ0v) is 23.1. The van der Waals surface area contributed by atoms with Gasteiger partial charge in [-0.2, -0.15) is 0 Å². The molecule has 5 aliphatic rings. The topological polar surface area (TPSA) is 77.8 Å². The smallest absolute Gasteiger partial charge is 0.312 e. The fourth-order valence-corrected chi connectivity index (χ4v) is 11.2. The number of aliphatic carboxylic acids is 1. The van der Waals surface area contributed by atoms with Crippen LogP contribution in [-0.2, 0) is 4.79 Å². The Hall–Kier alpha value is -0.870. The zero-order chi connectivity index (χ0) is 25.8. The summed E-state index contributed by atoms with van der Waals surface area (Å²) < 4.78 is 0. The minimum absolute atomic E-state index is 0.0600. The Morgan fingerprint density at radius 2 is 1.60 bits per heavy atom. The van der Waals surface area contributed by atoms with Gasteiger partial charge in [-0.15, -0.1) is 0 Å². The van der Waals surface area contributed by atoms with Crippen LogP contribution >= 0.6 is 0 Å². The second-order valence-corrected chi connectivity index (χ2v) is 14.7. The first-order valence-corrected chi connectivity index (χ1v) is 14.5. The molecule has 5 saturated carbocycles. The Morgan fingerprint density at radius 1 is 0.943 bits per heavy atom. The molecule has 35 heavy (non-hydrogen) atoms. The number of hydrogen-bond acceptors (Lipinski definition) is 3. The molecule has 0 unspecified atom stereocenters. The lowest BCUT2D eigenvalue weighted by Crippen LogP contribution is -2.63. The van der Waals surface area contributed by atoms with Gasteiger partial charge < -0.3 is 15.3 Å². The van der Waals surface area contributed by atoms with Crippen molar-refractivity contribution in [2.24, 2.45) is 56.7 Å². The van der Waals surface area contributed by atoms with E-state index in [4.69, 9.17) is 0 Å². The summed E-state index contributed by atoms with van der Waals surface area (Å²) in [5, 5.41) is 32.5. The number of rotatable bonds is 6. The number of carboxylic acids is 1. The summed E-state index contributed by atoms with van der Waals surface area (Å²) in [5.74, 6) is 1.50. The molecule has 2 spiro atoms. The highest BCUT2D eigenvalue weighted by Gasteiger charge is 2.85. The zero-order valence-electron chi connectivity index (χ0n) is 23.1. The van der Waals surface area contributed by atoms with E-state index in [1.54, 1.807) is 6.92 Å². The third-order valence-electron chi connectivity index (χ3n) is 13.7. The van der Waals surface area contributed by atoms with E-state index in [2.05, 4.69) is 41.2 Å². The van der Waals surface area contributed by atoms with Crippen LogP contribution in [0.15, 0.2) is 12.2 Å². The monoisotopic (exact) mass is 486 g/mol. The molecule has 0 heterocycles. The molecule has 0 radical (unpaired) electrons. The number of carboxylic acid groups (broad SMARTS) is 1. The molecule has 4 nitrogen and oxygen atoms in total. The summed E-state index contributed by atoms with van der Waals surface area (Å²) in [7, 11) is 0. The van der Waals surface area contributed by atoms with Crippen LogP contribution in [0.5, 0.6) is 0 Å². The van der Waals surface area contributed by atoms with Crippen molar-refractivity contribution in [3.8, 4) is 0 Å².